The van der Waals surface area contributed by atoms with Crippen molar-refractivity contribution in [2.24, 2.45) is 4.99 Å². The van der Waals surface area contributed by atoms with Gasteiger partial charge < -0.3 is 20.1 Å². The third kappa shape index (κ3) is 8.53. The van der Waals surface area contributed by atoms with Gasteiger partial charge >= 0.3 is 0 Å². The van der Waals surface area contributed by atoms with Gasteiger partial charge in [0.1, 0.15) is 0 Å². The van der Waals surface area contributed by atoms with Crippen LogP contribution in [-0.2, 0) is 22.6 Å². The first-order valence-corrected chi connectivity index (χ1v) is 8.01. The highest BCUT2D eigenvalue weighted by atomic mass is 127. The van der Waals surface area contributed by atoms with Gasteiger partial charge in [0.2, 0.25) is 0 Å². The second kappa shape index (κ2) is 11.6. The maximum atomic E-state index is 5.40. The fourth-order valence-corrected chi connectivity index (χ4v) is 1.98. The van der Waals surface area contributed by atoms with Gasteiger partial charge in [0.05, 0.1) is 19.8 Å². The Balaban J connectivity index is 0.00000264. The van der Waals surface area contributed by atoms with E-state index in [1.807, 2.05) is 6.92 Å². The van der Waals surface area contributed by atoms with Crippen LogP contribution in [0.1, 0.15) is 30.9 Å². The van der Waals surface area contributed by atoms with Crippen LogP contribution >= 0.6 is 24.0 Å². The molecule has 130 valence electrons. The molecule has 0 atom stereocenters. The van der Waals surface area contributed by atoms with Gasteiger partial charge in [0.15, 0.2) is 5.96 Å². The highest BCUT2D eigenvalue weighted by Gasteiger charge is 2.22. The zero-order chi connectivity index (χ0) is 15.6. The van der Waals surface area contributed by atoms with Gasteiger partial charge in [-0.3, -0.25) is 0 Å². The van der Waals surface area contributed by atoms with E-state index in [0.717, 1.165) is 19.1 Å². The maximum absolute atomic E-state index is 5.40. The molecule has 0 radical (unpaired) electrons. The van der Waals surface area contributed by atoms with Crippen molar-refractivity contribution in [1.29, 1.82) is 0 Å². The lowest BCUT2D eigenvalue weighted by Gasteiger charge is -2.11. The lowest BCUT2D eigenvalue weighted by Crippen LogP contribution is -2.40. The summed E-state index contributed by atoms with van der Waals surface area (Å²) in [6.45, 7) is 5.54. The van der Waals surface area contributed by atoms with Crippen molar-refractivity contribution in [3.05, 3.63) is 35.4 Å². The van der Waals surface area contributed by atoms with Crippen LogP contribution < -0.4 is 10.6 Å². The zero-order valence-electron chi connectivity index (χ0n) is 14.0. The molecule has 1 aliphatic carbocycles. The second-order valence-electron chi connectivity index (χ2n) is 5.46. The average molecular weight is 433 g/mol. The Morgan fingerprint density at radius 2 is 1.91 bits per heavy atom. The van der Waals surface area contributed by atoms with Gasteiger partial charge in [-0.15, -0.1) is 24.0 Å². The van der Waals surface area contributed by atoms with E-state index in [4.69, 9.17) is 9.47 Å². The first kappa shape index (κ1) is 20.2. The third-order valence-electron chi connectivity index (χ3n) is 3.43. The largest absolute Gasteiger partial charge is 0.383 e. The number of hydrogen-bond acceptors (Lipinski definition) is 3. The summed E-state index contributed by atoms with van der Waals surface area (Å²) < 4.78 is 10.5. The number of rotatable bonds is 9. The van der Waals surface area contributed by atoms with Crippen LogP contribution in [0.4, 0.5) is 0 Å². The lowest BCUT2D eigenvalue weighted by atomic mass is 10.1. The molecule has 23 heavy (non-hydrogen) atoms. The number of aliphatic imine (C=N–C) groups is 1. The van der Waals surface area contributed by atoms with E-state index in [-0.39, 0.29) is 24.0 Å². The molecule has 0 aliphatic heterocycles. The van der Waals surface area contributed by atoms with Crippen molar-refractivity contribution in [3.63, 3.8) is 0 Å². The Bertz CT molecular complexity index is 461. The van der Waals surface area contributed by atoms with Gasteiger partial charge in [0.25, 0.3) is 0 Å². The van der Waals surface area contributed by atoms with Crippen molar-refractivity contribution in [1.82, 2.24) is 10.6 Å². The molecule has 0 saturated heterocycles. The van der Waals surface area contributed by atoms with Crippen molar-refractivity contribution in [2.45, 2.75) is 39.0 Å². The SMILES string of the molecule is CCOCc1ccc(CN=C(NCCOC)NC2CC2)cc1.I. The van der Waals surface area contributed by atoms with Gasteiger partial charge in [-0.25, -0.2) is 4.99 Å². The summed E-state index contributed by atoms with van der Waals surface area (Å²) >= 11 is 0. The lowest BCUT2D eigenvalue weighted by molar-refractivity contribution is 0.134. The van der Waals surface area contributed by atoms with Gasteiger partial charge in [-0.1, -0.05) is 24.3 Å². The Kier molecular flexibility index (Phi) is 10.2. The molecule has 1 aromatic rings. The number of hydrogen-bond donors (Lipinski definition) is 2. The van der Waals surface area contributed by atoms with E-state index in [1.54, 1.807) is 7.11 Å². The molecule has 5 nitrogen and oxygen atoms in total. The first-order chi connectivity index (χ1) is 10.8. The van der Waals surface area contributed by atoms with Gasteiger partial charge in [-0.05, 0) is 30.9 Å². The standard InChI is InChI=1S/C17H27N3O2.HI/c1-3-22-13-15-6-4-14(5-7-15)12-19-17(18-10-11-21-2)20-16-8-9-16;/h4-7,16H,3,8-13H2,1-2H3,(H2,18,19,20);1H. The average Bonchev–Trinajstić information content (AvgIpc) is 3.35. The molecular formula is C17H28IN3O2. The number of nitrogens with one attached hydrogen (secondary N) is 2. The zero-order valence-corrected chi connectivity index (χ0v) is 16.3. The number of ether oxygens (including phenoxy) is 2. The molecule has 0 unspecified atom stereocenters. The summed E-state index contributed by atoms with van der Waals surface area (Å²) in [6.07, 6.45) is 2.47. The predicted molar refractivity (Wildman–Crippen MR) is 104 cm³/mol. The van der Waals surface area contributed by atoms with E-state index in [0.29, 0.717) is 25.8 Å². The molecule has 0 amide bonds. The minimum Gasteiger partial charge on any atom is -0.383 e. The quantitative estimate of drug-likeness (QED) is 0.272. The summed E-state index contributed by atoms with van der Waals surface area (Å²) in [5.74, 6) is 0.873. The van der Waals surface area contributed by atoms with Crippen LogP contribution in [0.3, 0.4) is 0 Å². The summed E-state index contributed by atoms with van der Waals surface area (Å²) in [5, 5.41) is 6.72. The first-order valence-electron chi connectivity index (χ1n) is 8.01. The number of methoxy groups -OCH3 is 1. The predicted octanol–water partition coefficient (Wildman–Crippen LogP) is 2.69. The summed E-state index contributed by atoms with van der Waals surface area (Å²) in [4.78, 5) is 4.65. The monoisotopic (exact) mass is 433 g/mol. The Labute approximate surface area is 156 Å². The van der Waals surface area contributed by atoms with Crippen LogP contribution in [0.5, 0.6) is 0 Å². The Morgan fingerprint density at radius 3 is 2.52 bits per heavy atom. The number of halogens is 1. The second-order valence-corrected chi connectivity index (χ2v) is 5.46. The van der Waals surface area contributed by atoms with Crippen molar-refractivity contribution in [3.8, 4) is 0 Å². The van der Waals surface area contributed by atoms with E-state index in [1.165, 1.54) is 24.0 Å². The van der Waals surface area contributed by atoms with E-state index >= 15 is 0 Å². The topological polar surface area (TPSA) is 54.9 Å². The number of guanidine groups is 1. The Hall–Kier alpha value is -0.860. The maximum Gasteiger partial charge on any atom is 0.191 e. The minimum atomic E-state index is 0. The van der Waals surface area contributed by atoms with Crippen molar-refractivity contribution in [2.75, 3.05) is 26.9 Å². The fourth-order valence-electron chi connectivity index (χ4n) is 1.98. The molecule has 1 saturated carbocycles. The van der Waals surface area contributed by atoms with Crippen LogP contribution in [0.2, 0.25) is 0 Å². The smallest absolute Gasteiger partial charge is 0.191 e. The van der Waals surface area contributed by atoms with Crippen molar-refractivity contribution < 1.29 is 9.47 Å². The molecule has 1 aromatic carbocycles. The summed E-state index contributed by atoms with van der Waals surface area (Å²) in [5.41, 5.74) is 2.40. The van der Waals surface area contributed by atoms with Crippen molar-refractivity contribution >= 4 is 29.9 Å². The molecule has 0 heterocycles. The van der Waals surface area contributed by atoms with Gasteiger partial charge in [0, 0.05) is 26.3 Å². The molecule has 2 N–H and O–H groups in total. The van der Waals surface area contributed by atoms with Crippen LogP contribution in [0.15, 0.2) is 29.3 Å². The highest BCUT2D eigenvalue weighted by molar-refractivity contribution is 14.0. The summed E-state index contributed by atoms with van der Waals surface area (Å²) in [6, 6.07) is 9.02. The molecule has 6 heteroatoms. The van der Waals surface area contributed by atoms with Crippen LogP contribution in [0, 0.1) is 0 Å². The molecule has 1 aliphatic rings. The molecule has 0 bridgehead atoms. The number of nitrogens with zero attached hydrogens (tertiary/aromatic N) is 1. The molecule has 2 rings (SSSR count). The Morgan fingerprint density at radius 1 is 1.22 bits per heavy atom. The van der Waals surface area contributed by atoms with Gasteiger partial charge in [-0.2, -0.15) is 0 Å². The van der Waals surface area contributed by atoms with E-state index < -0.39 is 0 Å². The normalized spacial score (nSPS) is 14.3. The van der Waals surface area contributed by atoms with E-state index in [2.05, 4.69) is 39.9 Å². The fraction of sp³-hybridized carbons (Fsp3) is 0.588. The third-order valence-corrected chi connectivity index (χ3v) is 3.43. The van der Waals surface area contributed by atoms with Crippen LogP contribution in [0.25, 0.3) is 0 Å². The molecule has 1 fully saturated rings. The molecule has 0 spiro atoms. The summed E-state index contributed by atoms with van der Waals surface area (Å²) in [7, 11) is 1.70. The number of benzene rings is 1. The highest BCUT2D eigenvalue weighted by Crippen LogP contribution is 2.18. The minimum absolute atomic E-state index is 0. The molecule has 0 aromatic heterocycles. The van der Waals surface area contributed by atoms with E-state index in [9.17, 15) is 0 Å². The van der Waals surface area contributed by atoms with Crippen LogP contribution in [-0.4, -0.2) is 38.9 Å². The molecular weight excluding hydrogens is 405 g/mol.